The van der Waals surface area contributed by atoms with Gasteiger partial charge in [0.25, 0.3) is 11.6 Å². The summed E-state index contributed by atoms with van der Waals surface area (Å²) in [5, 5.41) is 13.3. The minimum Gasteiger partial charge on any atom is -0.494 e. The molecule has 8 nitrogen and oxygen atoms in total. The van der Waals surface area contributed by atoms with Crippen LogP contribution in [0.1, 0.15) is 18.1 Å². The Morgan fingerprint density at radius 2 is 1.96 bits per heavy atom. The Morgan fingerprint density at radius 3 is 2.61 bits per heavy atom. The smallest absolute Gasteiger partial charge is 0.331 e. The van der Waals surface area contributed by atoms with E-state index >= 15 is 0 Å². The molecule has 0 heterocycles. The molecule has 2 aromatic rings. The predicted molar refractivity (Wildman–Crippen MR) is 104 cm³/mol. The lowest BCUT2D eigenvalue weighted by molar-refractivity contribution is -0.384. The third kappa shape index (κ3) is 5.66. The third-order valence-corrected chi connectivity index (χ3v) is 3.77. The summed E-state index contributed by atoms with van der Waals surface area (Å²) in [6.45, 7) is 3.36. The second-order valence-electron chi connectivity index (χ2n) is 5.96. The van der Waals surface area contributed by atoms with Gasteiger partial charge < -0.3 is 14.8 Å². The van der Waals surface area contributed by atoms with Gasteiger partial charge >= 0.3 is 5.97 Å². The number of aryl methyl sites for hydroxylation is 1. The number of benzene rings is 2. The van der Waals surface area contributed by atoms with Gasteiger partial charge in [-0.25, -0.2) is 4.79 Å². The molecule has 0 aliphatic rings. The van der Waals surface area contributed by atoms with Gasteiger partial charge in [-0.05, 0) is 31.6 Å². The standard InChI is InChI=1S/C20H20N2O6/c1-13-5-4-6-15(11-13)7-10-19(23)28-14(2)20(24)21-17-9-8-16(22(25)26)12-18(17)27-3/h4-12,14H,1-3H3,(H,21,24)/b10-7+/t14-/m1/s1. The number of carbonyl (C=O) groups excluding carboxylic acids is 2. The molecule has 146 valence electrons. The lowest BCUT2D eigenvalue weighted by atomic mass is 10.1. The normalized spacial score (nSPS) is 11.7. The van der Waals surface area contributed by atoms with Gasteiger partial charge in [0.2, 0.25) is 0 Å². The summed E-state index contributed by atoms with van der Waals surface area (Å²) >= 11 is 0. The van der Waals surface area contributed by atoms with Gasteiger partial charge in [-0.3, -0.25) is 14.9 Å². The highest BCUT2D eigenvalue weighted by molar-refractivity contribution is 5.97. The zero-order chi connectivity index (χ0) is 20.7. The molecule has 0 saturated heterocycles. The van der Waals surface area contributed by atoms with Gasteiger partial charge in [0, 0.05) is 12.1 Å². The number of methoxy groups -OCH3 is 1. The quantitative estimate of drug-likeness (QED) is 0.339. The van der Waals surface area contributed by atoms with Crippen LogP contribution in [0.15, 0.2) is 48.5 Å². The molecule has 0 saturated carbocycles. The van der Waals surface area contributed by atoms with Crippen molar-refractivity contribution in [1.82, 2.24) is 0 Å². The number of non-ortho nitro benzene ring substituents is 1. The van der Waals surface area contributed by atoms with Crippen molar-refractivity contribution in [2.75, 3.05) is 12.4 Å². The van der Waals surface area contributed by atoms with E-state index < -0.39 is 22.9 Å². The van der Waals surface area contributed by atoms with Crippen LogP contribution in [0.2, 0.25) is 0 Å². The van der Waals surface area contributed by atoms with Crippen molar-refractivity contribution in [3.8, 4) is 5.75 Å². The Morgan fingerprint density at radius 1 is 1.21 bits per heavy atom. The minimum absolute atomic E-state index is 0.125. The van der Waals surface area contributed by atoms with Crippen LogP contribution in [0, 0.1) is 17.0 Å². The Labute approximate surface area is 161 Å². The van der Waals surface area contributed by atoms with Gasteiger partial charge in [0.1, 0.15) is 5.75 Å². The number of nitro groups is 1. The van der Waals surface area contributed by atoms with E-state index in [-0.39, 0.29) is 17.1 Å². The number of nitrogens with zero attached hydrogens (tertiary/aromatic N) is 1. The van der Waals surface area contributed by atoms with E-state index in [1.165, 1.54) is 38.3 Å². The van der Waals surface area contributed by atoms with E-state index in [4.69, 9.17) is 9.47 Å². The van der Waals surface area contributed by atoms with Gasteiger partial charge in [-0.1, -0.05) is 29.8 Å². The number of nitro benzene ring substituents is 1. The van der Waals surface area contributed by atoms with Crippen molar-refractivity contribution < 1.29 is 24.0 Å². The third-order valence-electron chi connectivity index (χ3n) is 3.77. The fourth-order valence-corrected chi connectivity index (χ4v) is 2.34. The molecule has 0 unspecified atom stereocenters. The minimum atomic E-state index is -1.07. The van der Waals surface area contributed by atoms with Crippen LogP contribution >= 0.6 is 0 Å². The molecule has 28 heavy (non-hydrogen) atoms. The number of ether oxygens (including phenoxy) is 2. The molecule has 8 heteroatoms. The highest BCUT2D eigenvalue weighted by atomic mass is 16.6. The maximum absolute atomic E-state index is 12.3. The lowest BCUT2D eigenvalue weighted by Gasteiger charge is -2.14. The number of amides is 1. The summed E-state index contributed by atoms with van der Waals surface area (Å²) < 4.78 is 10.1. The number of esters is 1. The van der Waals surface area contributed by atoms with E-state index in [0.717, 1.165) is 11.1 Å². The molecule has 0 aromatic heterocycles. The van der Waals surface area contributed by atoms with Crippen LogP contribution in [-0.2, 0) is 14.3 Å². The van der Waals surface area contributed by atoms with Gasteiger partial charge in [0.05, 0.1) is 23.8 Å². The molecule has 0 bridgehead atoms. The van der Waals surface area contributed by atoms with Crippen LogP contribution in [0.4, 0.5) is 11.4 Å². The zero-order valence-electron chi connectivity index (χ0n) is 15.7. The van der Waals surface area contributed by atoms with Crippen molar-refractivity contribution in [2.24, 2.45) is 0 Å². The van der Waals surface area contributed by atoms with Crippen molar-refractivity contribution in [2.45, 2.75) is 20.0 Å². The molecule has 2 rings (SSSR count). The summed E-state index contributed by atoms with van der Waals surface area (Å²) in [6, 6.07) is 11.3. The summed E-state index contributed by atoms with van der Waals surface area (Å²) in [7, 11) is 1.33. The van der Waals surface area contributed by atoms with Crippen molar-refractivity contribution in [3.05, 3.63) is 69.8 Å². The summed E-state index contributed by atoms with van der Waals surface area (Å²) in [4.78, 5) is 34.4. The summed E-state index contributed by atoms with van der Waals surface area (Å²) in [5.41, 5.74) is 1.96. The molecule has 0 spiro atoms. The van der Waals surface area contributed by atoms with E-state index in [1.54, 1.807) is 6.08 Å². The van der Waals surface area contributed by atoms with Crippen LogP contribution < -0.4 is 10.1 Å². The van der Waals surface area contributed by atoms with Gasteiger partial charge in [-0.2, -0.15) is 0 Å². The Bertz CT molecular complexity index is 923. The Balaban J connectivity index is 1.99. The second kappa shape index (κ2) is 9.31. The number of anilines is 1. The topological polar surface area (TPSA) is 108 Å². The average molecular weight is 384 g/mol. The highest BCUT2D eigenvalue weighted by Crippen LogP contribution is 2.29. The molecule has 0 aliphatic heterocycles. The molecule has 0 aliphatic carbocycles. The Hall–Kier alpha value is -3.68. The van der Waals surface area contributed by atoms with Crippen LogP contribution in [0.5, 0.6) is 5.75 Å². The first kappa shape index (κ1) is 20.6. The number of carbonyl (C=O) groups is 2. The predicted octanol–water partition coefficient (Wildman–Crippen LogP) is 3.50. The first-order valence-corrected chi connectivity index (χ1v) is 8.39. The summed E-state index contributed by atoms with van der Waals surface area (Å²) in [6.07, 6.45) is 1.76. The number of hydrogen-bond acceptors (Lipinski definition) is 6. The fourth-order valence-electron chi connectivity index (χ4n) is 2.34. The summed E-state index contributed by atoms with van der Waals surface area (Å²) in [5.74, 6) is -1.13. The zero-order valence-corrected chi connectivity index (χ0v) is 15.7. The molecule has 1 atom stereocenters. The lowest BCUT2D eigenvalue weighted by Crippen LogP contribution is -2.29. The van der Waals surface area contributed by atoms with Crippen molar-refractivity contribution >= 4 is 29.3 Å². The molecule has 0 radical (unpaired) electrons. The van der Waals surface area contributed by atoms with E-state index in [2.05, 4.69) is 5.32 Å². The second-order valence-corrected chi connectivity index (χ2v) is 5.96. The first-order valence-electron chi connectivity index (χ1n) is 8.39. The highest BCUT2D eigenvalue weighted by Gasteiger charge is 2.19. The maximum atomic E-state index is 12.3. The van der Waals surface area contributed by atoms with Crippen LogP contribution in [0.25, 0.3) is 6.08 Å². The van der Waals surface area contributed by atoms with E-state index in [0.29, 0.717) is 0 Å². The van der Waals surface area contributed by atoms with Crippen molar-refractivity contribution in [3.63, 3.8) is 0 Å². The van der Waals surface area contributed by atoms with Gasteiger partial charge in [-0.15, -0.1) is 0 Å². The van der Waals surface area contributed by atoms with E-state index in [1.807, 2.05) is 31.2 Å². The van der Waals surface area contributed by atoms with Crippen LogP contribution in [0.3, 0.4) is 0 Å². The number of nitrogens with one attached hydrogen (secondary N) is 1. The van der Waals surface area contributed by atoms with Gasteiger partial charge in [0.15, 0.2) is 6.10 Å². The molecular weight excluding hydrogens is 364 g/mol. The first-order chi connectivity index (χ1) is 13.3. The molecular formula is C20H20N2O6. The number of rotatable bonds is 7. The molecule has 1 amide bonds. The van der Waals surface area contributed by atoms with E-state index in [9.17, 15) is 19.7 Å². The maximum Gasteiger partial charge on any atom is 0.331 e. The average Bonchev–Trinajstić information content (AvgIpc) is 2.66. The number of hydrogen-bond donors (Lipinski definition) is 1. The van der Waals surface area contributed by atoms with Crippen LogP contribution in [-0.4, -0.2) is 30.0 Å². The molecule has 1 N–H and O–H groups in total. The SMILES string of the molecule is COc1cc([N+](=O)[O-])ccc1NC(=O)[C@@H](C)OC(=O)/C=C/c1cccc(C)c1. The molecule has 0 fully saturated rings. The fraction of sp³-hybridized carbons (Fsp3) is 0.200. The molecule has 2 aromatic carbocycles. The Kier molecular flexibility index (Phi) is 6.86. The largest absolute Gasteiger partial charge is 0.494 e. The monoisotopic (exact) mass is 384 g/mol. The van der Waals surface area contributed by atoms with Crippen molar-refractivity contribution in [1.29, 1.82) is 0 Å².